The van der Waals surface area contributed by atoms with Gasteiger partial charge >= 0.3 is 0 Å². The van der Waals surface area contributed by atoms with E-state index in [0.29, 0.717) is 43.1 Å². The molecule has 1 aliphatic rings. The maximum absolute atomic E-state index is 13.2. The number of aromatic nitrogens is 1. The van der Waals surface area contributed by atoms with Crippen molar-refractivity contribution in [3.05, 3.63) is 70.9 Å². The number of halogens is 1. The van der Waals surface area contributed by atoms with Crippen molar-refractivity contribution in [2.24, 2.45) is 0 Å². The van der Waals surface area contributed by atoms with Gasteiger partial charge in [0.2, 0.25) is 0 Å². The van der Waals surface area contributed by atoms with Crippen LogP contribution >= 0.6 is 11.6 Å². The predicted molar refractivity (Wildman–Crippen MR) is 114 cm³/mol. The number of rotatable bonds is 5. The third-order valence-electron chi connectivity index (χ3n) is 5.84. The Labute approximate surface area is 175 Å². The molecule has 4 rings (SSSR count). The number of hydrogen-bond donors (Lipinski definition) is 1. The lowest BCUT2D eigenvalue weighted by atomic mass is 9.84. The molecule has 2 aromatic carbocycles. The number of carbonyl (C=O) groups excluding carboxylic acids is 1. The molecule has 0 radical (unpaired) electrons. The number of aliphatic hydroxyl groups is 1. The summed E-state index contributed by atoms with van der Waals surface area (Å²) in [5.74, 6) is 0.0123. The predicted octanol–water partition coefficient (Wildman–Crippen LogP) is 4.06. The highest BCUT2D eigenvalue weighted by molar-refractivity contribution is 6.30. The molecule has 0 atom stereocenters. The van der Waals surface area contributed by atoms with Crippen molar-refractivity contribution in [3.63, 3.8) is 0 Å². The smallest absolute Gasteiger partial charge is 0.254 e. The lowest BCUT2D eigenvalue weighted by Gasteiger charge is -2.38. The summed E-state index contributed by atoms with van der Waals surface area (Å²) < 4.78 is 7.27. The van der Waals surface area contributed by atoms with Gasteiger partial charge in [-0.1, -0.05) is 29.8 Å². The first-order chi connectivity index (χ1) is 14.0. The van der Waals surface area contributed by atoms with Gasteiger partial charge in [0.25, 0.3) is 5.91 Å². The quantitative estimate of drug-likeness (QED) is 0.687. The number of ether oxygens (including phenoxy) is 1. The van der Waals surface area contributed by atoms with Crippen molar-refractivity contribution in [2.75, 3.05) is 26.8 Å². The molecule has 1 saturated heterocycles. The molecule has 0 spiro atoms. The van der Waals surface area contributed by atoms with E-state index in [1.54, 1.807) is 19.2 Å². The van der Waals surface area contributed by atoms with E-state index < -0.39 is 5.60 Å². The largest absolute Gasteiger partial charge is 0.385 e. The number of hydrogen-bond acceptors (Lipinski definition) is 3. The minimum atomic E-state index is -0.920. The van der Waals surface area contributed by atoms with Gasteiger partial charge in [0, 0.05) is 54.4 Å². The number of nitrogens with zero attached hydrogens (tertiary/aromatic N) is 2. The van der Waals surface area contributed by atoms with Crippen LogP contribution in [-0.2, 0) is 16.9 Å². The molecular weight excluding hydrogens is 388 g/mol. The molecule has 1 N–H and O–H groups in total. The summed E-state index contributed by atoms with van der Waals surface area (Å²) in [7, 11) is 1.68. The van der Waals surface area contributed by atoms with Crippen LogP contribution in [0.5, 0.6) is 0 Å². The first kappa shape index (κ1) is 20.0. The zero-order valence-electron chi connectivity index (χ0n) is 16.5. The van der Waals surface area contributed by atoms with Gasteiger partial charge in [0.1, 0.15) is 0 Å². The Morgan fingerprint density at radius 2 is 1.86 bits per heavy atom. The van der Waals surface area contributed by atoms with Gasteiger partial charge in [-0.3, -0.25) is 4.79 Å². The van der Waals surface area contributed by atoms with Gasteiger partial charge in [0.15, 0.2) is 0 Å². The lowest BCUT2D eigenvalue weighted by Crippen LogP contribution is -2.45. The van der Waals surface area contributed by atoms with Gasteiger partial charge in [-0.25, -0.2) is 0 Å². The van der Waals surface area contributed by atoms with E-state index in [1.165, 1.54) is 0 Å². The molecular formula is C23H25ClN2O3. The fraction of sp³-hybridized carbons (Fsp3) is 0.348. The van der Waals surface area contributed by atoms with Gasteiger partial charge in [-0.15, -0.1) is 0 Å². The number of methoxy groups -OCH3 is 1. The van der Waals surface area contributed by atoms with Crippen molar-refractivity contribution < 1.29 is 14.6 Å². The molecule has 29 heavy (non-hydrogen) atoms. The maximum atomic E-state index is 13.2. The van der Waals surface area contributed by atoms with Crippen molar-refractivity contribution in [3.8, 4) is 0 Å². The SMILES string of the molecule is COCCn1ccc2c(C(=O)N3CCC(O)(c4ccc(Cl)cc4)CC3)cccc21. The summed E-state index contributed by atoms with van der Waals surface area (Å²) in [6, 6.07) is 15.1. The zero-order valence-corrected chi connectivity index (χ0v) is 17.2. The average molecular weight is 413 g/mol. The Balaban J connectivity index is 1.51. The molecule has 1 aromatic heterocycles. The molecule has 6 heteroatoms. The third kappa shape index (κ3) is 3.90. The molecule has 0 bridgehead atoms. The van der Waals surface area contributed by atoms with E-state index in [2.05, 4.69) is 4.57 Å². The summed E-state index contributed by atoms with van der Waals surface area (Å²) in [5.41, 5.74) is 1.67. The number of amides is 1. The Bertz CT molecular complexity index is 1000. The van der Waals surface area contributed by atoms with Crippen molar-refractivity contribution in [1.29, 1.82) is 0 Å². The molecule has 5 nitrogen and oxygen atoms in total. The highest BCUT2D eigenvalue weighted by Gasteiger charge is 2.35. The van der Waals surface area contributed by atoms with Gasteiger partial charge in [0.05, 0.1) is 12.2 Å². The summed E-state index contributed by atoms with van der Waals surface area (Å²) in [6.07, 6.45) is 3.01. The van der Waals surface area contributed by atoms with E-state index in [1.807, 2.05) is 47.5 Å². The van der Waals surface area contributed by atoms with Crippen LogP contribution in [0.1, 0.15) is 28.8 Å². The van der Waals surface area contributed by atoms with Crippen LogP contribution in [-0.4, -0.2) is 47.3 Å². The van der Waals surface area contributed by atoms with Gasteiger partial charge in [-0.2, -0.15) is 0 Å². The van der Waals surface area contributed by atoms with E-state index in [9.17, 15) is 9.90 Å². The van der Waals surface area contributed by atoms with E-state index in [4.69, 9.17) is 16.3 Å². The Morgan fingerprint density at radius 3 is 2.55 bits per heavy atom. The minimum absolute atomic E-state index is 0.0123. The minimum Gasteiger partial charge on any atom is -0.385 e. The van der Waals surface area contributed by atoms with E-state index in [0.717, 1.165) is 23.0 Å². The van der Waals surface area contributed by atoms with Crippen LogP contribution in [0.15, 0.2) is 54.7 Å². The van der Waals surface area contributed by atoms with E-state index in [-0.39, 0.29) is 5.91 Å². The summed E-state index contributed by atoms with van der Waals surface area (Å²) in [5, 5.41) is 12.7. The number of fused-ring (bicyclic) bond motifs is 1. The van der Waals surface area contributed by atoms with Crippen LogP contribution in [0.3, 0.4) is 0 Å². The van der Waals surface area contributed by atoms with Crippen LogP contribution in [0.25, 0.3) is 10.9 Å². The lowest BCUT2D eigenvalue weighted by molar-refractivity contribution is -0.0211. The average Bonchev–Trinajstić information content (AvgIpc) is 3.16. The van der Waals surface area contributed by atoms with Crippen LogP contribution < -0.4 is 0 Å². The molecule has 0 saturated carbocycles. The molecule has 152 valence electrons. The number of benzene rings is 2. The Morgan fingerprint density at radius 1 is 1.14 bits per heavy atom. The van der Waals surface area contributed by atoms with Crippen molar-refractivity contribution in [1.82, 2.24) is 9.47 Å². The first-order valence-corrected chi connectivity index (χ1v) is 10.2. The van der Waals surface area contributed by atoms with Crippen LogP contribution in [0.4, 0.5) is 0 Å². The summed E-state index contributed by atoms with van der Waals surface area (Å²) >= 11 is 5.96. The topological polar surface area (TPSA) is 54.7 Å². The highest BCUT2D eigenvalue weighted by atomic mass is 35.5. The van der Waals surface area contributed by atoms with E-state index >= 15 is 0 Å². The van der Waals surface area contributed by atoms with Gasteiger partial charge < -0.3 is 19.3 Å². The Kier molecular flexibility index (Phi) is 5.63. The van der Waals surface area contributed by atoms with Crippen LogP contribution in [0.2, 0.25) is 5.02 Å². The highest BCUT2D eigenvalue weighted by Crippen LogP contribution is 2.34. The summed E-state index contributed by atoms with van der Waals surface area (Å²) in [6.45, 7) is 2.39. The second kappa shape index (κ2) is 8.19. The fourth-order valence-corrected chi connectivity index (χ4v) is 4.22. The molecule has 0 unspecified atom stereocenters. The first-order valence-electron chi connectivity index (χ1n) is 9.86. The number of carbonyl (C=O) groups is 1. The second-order valence-corrected chi connectivity index (χ2v) is 8.01. The Hall–Kier alpha value is -2.34. The van der Waals surface area contributed by atoms with Gasteiger partial charge in [-0.05, 0) is 48.7 Å². The number of likely N-dealkylation sites (tertiary alicyclic amines) is 1. The number of piperidine rings is 1. The third-order valence-corrected chi connectivity index (χ3v) is 6.09. The standard InChI is InChI=1S/C23H25ClN2O3/c1-29-16-15-25-12-9-19-20(3-2-4-21(19)25)22(27)26-13-10-23(28,11-14-26)17-5-7-18(24)8-6-17/h2-9,12,28H,10-11,13-16H2,1H3. The molecule has 1 aliphatic heterocycles. The molecule has 0 aliphatic carbocycles. The maximum Gasteiger partial charge on any atom is 0.254 e. The normalized spacial score (nSPS) is 16.3. The monoisotopic (exact) mass is 412 g/mol. The molecule has 1 fully saturated rings. The van der Waals surface area contributed by atoms with Crippen molar-refractivity contribution >= 4 is 28.4 Å². The second-order valence-electron chi connectivity index (χ2n) is 7.57. The van der Waals surface area contributed by atoms with Crippen LogP contribution in [0, 0.1) is 0 Å². The zero-order chi connectivity index (χ0) is 20.4. The fourth-order valence-electron chi connectivity index (χ4n) is 4.09. The molecule has 3 aromatic rings. The summed E-state index contributed by atoms with van der Waals surface area (Å²) in [4.78, 5) is 15.1. The van der Waals surface area contributed by atoms with Crippen molar-refractivity contribution in [2.45, 2.75) is 25.0 Å². The molecule has 1 amide bonds. The molecule has 2 heterocycles.